The molecule has 2 aromatic rings. The Bertz CT molecular complexity index is 642. The first-order valence-corrected chi connectivity index (χ1v) is 7.32. The maximum Gasteiger partial charge on any atom is 0.339 e. The van der Waals surface area contributed by atoms with Crippen LogP contribution in [0.15, 0.2) is 36.7 Å². The van der Waals surface area contributed by atoms with E-state index in [1.807, 2.05) is 32.0 Å². The highest BCUT2D eigenvalue weighted by atomic mass is 16.6. The highest BCUT2D eigenvalue weighted by Gasteiger charge is 2.33. The predicted molar refractivity (Wildman–Crippen MR) is 80.2 cm³/mol. The molecule has 1 aliphatic carbocycles. The normalized spacial score (nSPS) is 21.3. The Morgan fingerprint density at radius 1 is 1.24 bits per heavy atom. The van der Waals surface area contributed by atoms with Gasteiger partial charge in [-0.3, -0.25) is 4.98 Å². The Morgan fingerprint density at radius 2 is 2.05 bits per heavy atom. The number of pyridine rings is 1. The smallest absolute Gasteiger partial charge is 0.339 e. The van der Waals surface area contributed by atoms with Crippen molar-refractivity contribution < 1.29 is 14.3 Å². The van der Waals surface area contributed by atoms with Crippen LogP contribution in [-0.2, 0) is 9.47 Å². The van der Waals surface area contributed by atoms with Crippen LogP contribution < -0.4 is 0 Å². The van der Waals surface area contributed by atoms with Gasteiger partial charge in [-0.15, -0.1) is 0 Å². The van der Waals surface area contributed by atoms with E-state index in [9.17, 15) is 4.79 Å². The van der Waals surface area contributed by atoms with Crippen LogP contribution in [0.2, 0.25) is 0 Å². The van der Waals surface area contributed by atoms with Gasteiger partial charge in [0.2, 0.25) is 0 Å². The lowest BCUT2D eigenvalue weighted by atomic mass is 9.91. The number of hydrogen-bond acceptors (Lipinski definition) is 4. The van der Waals surface area contributed by atoms with Gasteiger partial charge in [0.1, 0.15) is 6.10 Å². The predicted octanol–water partition coefficient (Wildman–Crippen LogP) is 3.35. The van der Waals surface area contributed by atoms with Crippen molar-refractivity contribution in [2.45, 2.75) is 45.0 Å². The van der Waals surface area contributed by atoms with E-state index in [1.165, 1.54) is 0 Å². The van der Waals surface area contributed by atoms with E-state index >= 15 is 0 Å². The number of aromatic nitrogens is 1. The van der Waals surface area contributed by atoms with Gasteiger partial charge in [0, 0.05) is 30.6 Å². The number of ether oxygens (including phenoxy) is 2. The minimum Gasteiger partial charge on any atom is -0.459 e. The zero-order chi connectivity index (χ0) is 14.8. The molecule has 1 aromatic heterocycles. The van der Waals surface area contributed by atoms with Gasteiger partial charge in [-0.05, 0) is 31.4 Å². The Morgan fingerprint density at radius 3 is 2.81 bits per heavy atom. The standard InChI is InChI=1S/C17H19NO3/c1-11(2)20-13-8-14(9-13)21-17(19)15-5-3-4-12-6-7-18-10-16(12)15/h3-7,10-11,13-14H,8-9H2,1-2H3. The molecule has 0 bridgehead atoms. The van der Waals surface area contributed by atoms with E-state index in [4.69, 9.17) is 9.47 Å². The van der Waals surface area contributed by atoms with Crippen molar-refractivity contribution in [3.63, 3.8) is 0 Å². The molecule has 1 aliphatic rings. The van der Waals surface area contributed by atoms with E-state index in [1.54, 1.807) is 18.5 Å². The molecule has 1 saturated carbocycles. The van der Waals surface area contributed by atoms with Crippen LogP contribution in [0, 0.1) is 0 Å². The molecule has 1 fully saturated rings. The SMILES string of the molecule is CC(C)OC1CC(OC(=O)c2cccc3ccncc23)C1. The fourth-order valence-electron chi connectivity index (χ4n) is 2.62. The first-order chi connectivity index (χ1) is 10.1. The first kappa shape index (κ1) is 14.0. The minimum absolute atomic E-state index is 0.0341. The Labute approximate surface area is 124 Å². The number of esters is 1. The van der Waals surface area contributed by atoms with Crippen molar-refractivity contribution in [3.05, 3.63) is 42.2 Å². The van der Waals surface area contributed by atoms with Crippen LogP contribution in [-0.4, -0.2) is 29.3 Å². The van der Waals surface area contributed by atoms with E-state index in [-0.39, 0.29) is 24.3 Å². The number of carbonyl (C=O) groups is 1. The lowest BCUT2D eigenvalue weighted by Gasteiger charge is -2.35. The summed E-state index contributed by atoms with van der Waals surface area (Å²) in [7, 11) is 0. The highest BCUT2D eigenvalue weighted by molar-refractivity contribution is 6.04. The molecule has 0 saturated heterocycles. The monoisotopic (exact) mass is 285 g/mol. The van der Waals surface area contributed by atoms with Gasteiger partial charge in [0.25, 0.3) is 0 Å². The zero-order valence-corrected chi connectivity index (χ0v) is 12.3. The second kappa shape index (κ2) is 5.82. The van der Waals surface area contributed by atoms with Crippen LogP contribution in [0.3, 0.4) is 0 Å². The molecule has 4 nitrogen and oxygen atoms in total. The molecule has 0 atom stereocenters. The van der Waals surface area contributed by atoms with Crippen LogP contribution in [0.1, 0.15) is 37.0 Å². The number of nitrogens with zero attached hydrogens (tertiary/aromatic N) is 1. The fourth-order valence-corrected chi connectivity index (χ4v) is 2.62. The van der Waals surface area contributed by atoms with Gasteiger partial charge in [0.05, 0.1) is 17.8 Å². The first-order valence-electron chi connectivity index (χ1n) is 7.32. The quantitative estimate of drug-likeness (QED) is 0.808. The molecular formula is C17H19NO3. The van der Waals surface area contributed by atoms with Gasteiger partial charge in [-0.25, -0.2) is 4.79 Å². The molecule has 3 rings (SSSR count). The highest BCUT2D eigenvalue weighted by Crippen LogP contribution is 2.29. The van der Waals surface area contributed by atoms with Crippen molar-refractivity contribution >= 4 is 16.7 Å². The van der Waals surface area contributed by atoms with Crippen LogP contribution >= 0.6 is 0 Å². The van der Waals surface area contributed by atoms with E-state index in [0.29, 0.717) is 5.56 Å². The molecule has 0 spiro atoms. The number of carbonyl (C=O) groups excluding carboxylic acids is 1. The number of rotatable bonds is 4. The summed E-state index contributed by atoms with van der Waals surface area (Å²) in [5, 5.41) is 1.83. The topological polar surface area (TPSA) is 48.4 Å². The van der Waals surface area contributed by atoms with Crippen molar-refractivity contribution in [1.82, 2.24) is 4.98 Å². The summed E-state index contributed by atoms with van der Waals surface area (Å²) in [4.78, 5) is 16.4. The van der Waals surface area contributed by atoms with Crippen molar-refractivity contribution in [2.75, 3.05) is 0 Å². The Balaban J connectivity index is 1.66. The summed E-state index contributed by atoms with van der Waals surface area (Å²) in [6.45, 7) is 4.03. The van der Waals surface area contributed by atoms with Gasteiger partial charge in [-0.1, -0.05) is 12.1 Å². The van der Waals surface area contributed by atoms with Crippen LogP contribution in [0.4, 0.5) is 0 Å². The van der Waals surface area contributed by atoms with E-state index < -0.39 is 0 Å². The summed E-state index contributed by atoms with van der Waals surface area (Å²) >= 11 is 0. The summed E-state index contributed by atoms with van der Waals surface area (Å²) in [6.07, 6.45) is 5.40. The fraction of sp³-hybridized carbons (Fsp3) is 0.412. The molecule has 0 aliphatic heterocycles. The average Bonchev–Trinajstić information content (AvgIpc) is 2.43. The minimum atomic E-state index is -0.276. The van der Waals surface area contributed by atoms with Gasteiger partial charge < -0.3 is 9.47 Å². The van der Waals surface area contributed by atoms with Crippen molar-refractivity contribution in [3.8, 4) is 0 Å². The molecule has 21 heavy (non-hydrogen) atoms. The third kappa shape index (κ3) is 3.05. The molecule has 4 heteroatoms. The molecule has 0 radical (unpaired) electrons. The summed E-state index contributed by atoms with van der Waals surface area (Å²) in [5.74, 6) is -0.276. The molecule has 0 unspecified atom stereocenters. The molecule has 110 valence electrons. The van der Waals surface area contributed by atoms with Gasteiger partial charge in [0.15, 0.2) is 0 Å². The molecular weight excluding hydrogens is 266 g/mol. The largest absolute Gasteiger partial charge is 0.459 e. The lowest BCUT2D eigenvalue weighted by molar-refractivity contribution is -0.0992. The van der Waals surface area contributed by atoms with Crippen molar-refractivity contribution in [1.29, 1.82) is 0 Å². The van der Waals surface area contributed by atoms with E-state index in [2.05, 4.69) is 4.98 Å². The maximum absolute atomic E-state index is 12.3. The number of benzene rings is 1. The molecule has 0 amide bonds. The zero-order valence-electron chi connectivity index (χ0n) is 12.3. The third-order valence-corrected chi connectivity index (χ3v) is 3.69. The van der Waals surface area contributed by atoms with E-state index in [0.717, 1.165) is 23.6 Å². The van der Waals surface area contributed by atoms with Gasteiger partial charge in [-0.2, -0.15) is 0 Å². The third-order valence-electron chi connectivity index (χ3n) is 3.69. The second-order valence-electron chi connectivity index (χ2n) is 5.71. The lowest BCUT2D eigenvalue weighted by Crippen LogP contribution is -2.40. The summed E-state index contributed by atoms with van der Waals surface area (Å²) in [5.41, 5.74) is 0.578. The molecule has 0 N–H and O–H groups in total. The number of fused-ring (bicyclic) bond motifs is 1. The second-order valence-corrected chi connectivity index (χ2v) is 5.71. The Hall–Kier alpha value is -1.94. The molecule has 1 heterocycles. The summed E-state index contributed by atoms with van der Waals surface area (Å²) < 4.78 is 11.2. The summed E-state index contributed by atoms with van der Waals surface area (Å²) in [6, 6.07) is 7.50. The number of hydrogen-bond donors (Lipinski definition) is 0. The Kier molecular flexibility index (Phi) is 3.88. The van der Waals surface area contributed by atoms with Gasteiger partial charge >= 0.3 is 5.97 Å². The average molecular weight is 285 g/mol. The molecule has 1 aromatic carbocycles. The van der Waals surface area contributed by atoms with Crippen LogP contribution in [0.5, 0.6) is 0 Å². The van der Waals surface area contributed by atoms with Crippen molar-refractivity contribution in [2.24, 2.45) is 0 Å². The van der Waals surface area contributed by atoms with Crippen LogP contribution in [0.25, 0.3) is 10.8 Å². The maximum atomic E-state index is 12.3.